The first-order chi connectivity index (χ1) is 10.9. The molecule has 0 saturated carbocycles. The van der Waals surface area contributed by atoms with Crippen LogP contribution in [0.3, 0.4) is 0 Å². The standard InChI is InChI=1S/C19H22N2O/c1-2-3-9-14-21-18-13-8-7-12-17(18)20-19(21)15-22-16-10-5-4-6-11-16/h4-8,10-13H,2-3,9,14-15H2,1H3. The van der Waals surface area contributed by atoms with Gasteiger partial charge in [-0.15, -0.1) is 0 Å². The van der Waals surface area contributed by atoms with Crippen molar-refractivity contribution >= 4 is 11.0 Å². The third-order valence-corrected chi connectivity index (χ3v) is 3.83. The molecule has 114 valence electrons. The Kier molecular flexibility index (Phi) is 4.74. The molecule has 3 nitrogen and oxygen atoms in total. The molecule has 0 aliphatic carbocycles. The van der Waals surface area contributed by atoms with Crippen molar-refractivity contribution in [1.82, 2.24) is 9.55 Å². The van der Waals surface area contributed by atoms with Gasteiger partial charge in [0.2, 0.25) is 0 Å². The molecule has 0 spiro atoms. The Morgan fingerprint density at radius 3 is 2.55 bits per heavy atom. The summed E-state index contributed by atoms with van der Waals surface area (Å²) in [4.78, 5) is 4.74. The van der Waals surface area contributed by atoms with Crippen molar-refractivity contribution in [2.75, 3.05) is 0 Å². The van der Waals surface area contributed by atoms with Crippen LogP contribution < -0.4 is 4.74 Å². The summed E-state index contributed by atoms with van der Waals surface area (Å²) in [6.07, 6.45) is 3.64. The molecule has 0 fully saturated rings. The fourth-order valence-corrected chi connectivity index (χ4v) is 2.67. The lowest BCUT2D eigenvalue weighted by Crippen LogP contribution is -2.07. The fourth-order valence-electron chi connectivity index (χ4n) is 2.67. The summed E-state index contributed by atoms with van der Waals surface area (Å²) in [7, 11) is 0. The van der Waals surface area contributed by atoms with Crippen molar-refractivity contribution in [2.45, 2.75) is 39.3 Å². The molecule has 2 aromatic carbocycles. The van der Waals surface area contributed by atoms with Crippen LogP contribution in [-0.4, -0.2) is 9.55 Å². The van der Waals surface area contributed by atoms with Gasteiger partial charge in [-0.3, -0.25) is 0 Å². The van der Waals surface area contributed by atoms with Crippen molar-refractivity contribution in [3.8, 4) is 5.75 Å². The van der Waals surface area contributed by atoms with Crippen LogP contribution in [-0.2, 0) is 13.2 Å². The van der Waals surface area contributed by atoms with Crippen molar-refractivity contribution < 1.29 is 4.74 Å². The Hall–Kier alpha value is -2.29. The zero-order valence-corrected chi connectivity index (χ0v) is 13.0. The number of aryl methyl sites for hydroxylation is 1. The van der Waals surface area contributed by atoms with Crippen LogP contribution in [0, 0.1) is 0 Å². The number of benzene rings is 2. The van der Waals surface area contributed by atoms with E-state index < -0.39 is 0 Å². The second-order valence-electron chi connectivity index (χ2n) is 5.48. The third-order valence-electron chi connectivity index (χ3n) is 3.83. The number of unbranched alkanes of at least 4 members (excludes halogenated alkanes) is 2. The van der Waals surface area contributed by atoms with Crippen molar-refractivity contribution in [1.29, 1.82) is 0 Å². The molecular formula is C19H22N2O. The minimum absolute atomic E-state index is 0.505. The van der Waals surface area contributed by atoms with E-state index in [9.17, 15) is 0 Å². The molecule has 22 heavy (non-hydrogen) atoms. The number of hydrogen-bond donors (Lipinski definition) is 0. The van der Waals surface area contributed by atoms with Gasteiger partial charge in [-0.05, 0) is 30.7 Å². The zero-order chi connectivity index (χ0) is 15.2. The molecule has 0 radical (unpaired) electrons. The van der Waals surface area contributed by atoms with Gasteiger partial charge in [-0.25, -0.2) is 4.98 Å². The fraction of sp³-hybridized carbons (Fsp3) is 0.316. The van der Waals surface area contributed by atoms with Crippen LogP contribution >= 0.6 is 0 Å². The van der Waals surface area contributed by atoms with E-state index >= 15 is 0 Å². The van der Waals surface area contributed by atoms with Gasteiger partial charge in [0, 0.05) is 6.54 Å². The molecule has 0 unspecified atom stereocenters. The molecule has 3 rings (SSSR count). The van der Waals surface area contributed by atoms with Gasteiger partial charge in [-0.2, -0.15) is 0 Å². The lowest BCUT2D eigenvalue weighted by molar-refractivity contribution is 0.289. The molecular weight excluding hydrogens is 272 g/mol. The first kappa shape index (κ1) is 14.6. The van der Waals surface area contributed by atoms with Gasteiger partial charge in [0.05, 0.1) is 11.0 Å². The van der Waals surface area contributed by atoms with Crippen LogP contribution in [0.5, 0.6) is 5.75 Å². The number of hydrogen-bond acceptors (Lipinski definition) is 2. The highest BCUT2D eigenvalue weighted by Crippen LogP contribution is 2.19. The summed E-state index contributed by atoms with van der Waals surface area (Å²) in [6.45, 7) is 3.73. The molecule has 3 aromatic rings. The smallest absolute Gasteiger partial charge is 0.147 e. The SMILES string of the molecule is CCCCCn1c(COc2ccccc2)nc2ccccc21. The van der Waals surface area contributed by atoms with Crippen LogP contribution in [0.4, 0.5) is 0 Å². The molecule has 1 aromatic heterocycles. The maximum absolute atomic E-state index is 5.89. The lowest BCUT2D eigenvalue weighted by atomic mass is 10.2. The van der Waals surface area contributed by atoms with Gasteiger partial charge in [0.25, 0.3) is 0 Å². The summed E-state index contributed by atoms with van der Waals surface area (Å²) in [6, 6.07) is 18.2. The summed E-state index contributed by atoms with van der Waals surface area (Å²) < 4.78 is 8.18. The maximum atomic E-state index is 5.89. The predicted octanol–water partition coefficient (Wildman–Crippen LogP) is 4.81. The van der Waals surface area contributed by atoms with Crippen LogP contribution in [0.2, 0.25) is 0 Å². The molecule has 0 bridgehead atoms. The van der Waals surface area contributed by atoms with Crippen LogP contribution in [0.25, 0.3) is 11.0 Å². The predicted molar refractivity (Wildman–Crippen MR) is 90.0 cm³/mol. The maximum Gasteiger partial charge on any atom is 0.147 e. The van der Waals surface area contributed by atoms with E-state index in [2.05, 4.69) is 29.7 Å². The van der Waals surface area contributed by atoms with Crippen molar-refractivity contribution in [3.05, 3.63) is 60.4 Å². The Bertz CT molecular complexity index is 719. The highest BCUT2D eigenvalue weighted by molar-refractivity contribution is 5.75. The number of nitrogens with zero attached hydrogens (tertiary/aromatic N) is 2. The van der Waals surface area contributed by atoms with E-state index in [0.29, 0.717) is 6.61 Å². The topological polar surface area (TPSA) is 27.1 Å². The first-order valence-electron chi connectivity index (χ1n) is 8.00. The first-order valence-corrected chi connectivity index (χ1v) is 8.00. The molecule has 0 saturated heterocycles. The number of aromatic nitrogens is 2. The van der Waals surface area contributed by atoms with E-state index in [1.165, 1.54) is 24.8 Å². The number of ether oxygens (including phenoxy) is 1. The molecule has 1 heterocycles. The molecule has 0 N–H and O–H groups in total. The summed E-state index contributed by atoms with van der Waals surface area (Å²) in [5.74, 6) is 1.89. The average Bonchev–Trinajstić information content (AvgIpc) is 2.92. The van der Waals surface area contributed by atoms with E-state index in [1.807, 2.05) is 36.4 Å². The highest BCUT2D eigenvalue weighted by Gasteiger charge is 2.10. The van der Waals surface area contributed by atoms with Crippen LogP contribution in [0.1, 0.15) is 32.0 Å². The molecule has 0 atom stereocenters. The molecule has 0 aliphatic rings. The van der Waals surface area contributed by atoms with Gasteiger partial charge in [0.1, 0.15) is 18.2 Å². The normalized spacial score (nSPS) is 11.0. The van der Waals surface area contributed by atoms with Gasteiger partial charge in [-0.1, -0.05) is 50.1 Å². The third kappa shape index (κ3) is 3.30. The second kappa shape index (κ2) is 7.12. The number of rotatable bonds is 7. The monoisotopic (exact) mass is 294 g/mol. The summed E-state index contributed by atoms with van der Waals surface area (Å²) in [5, 5.41) is 0. The number of para-hydroxylation sites is 3. The largest absolute Gasteiger partial charge is 0.486 e. The van der Waals surface area contributed by atoms with Crippen molar-refractivity contribution in [2.24, 2.45) is 0 Å². The summed E-state index contributed by atoms with van der Waals surface area (Å²) >= 11 is 0. The quantitative estimate of drug-likeness (QED) is 0.585. The Morgan fingerprint density at radius 1 is 0.955 bits per heavy atom. The summed E-state index contributed by atoms with van der Waals surface area (Å²) in [5.41, 5.74) is 2.25. The minimum atomic E-state index is 0.505. The zero-order valence-electron chi connectivity index (χ0n) is 13.0. The minimum Gasteiger partial charge on any atom is -0.486 e. The van der Waals surface area contributed by atoms with Crippen molar-refractivity contribution in [3.63, 3.8) is 0 Å². The second-order valence-corrected chi connectivity index (χ2v) is 5.48. The Labute approximate surface area is 131 Å². The van der Waals surface area contributed by atoms with Gasteiger partial charge < -0.3 is 9.30 Å². The number of imidazole rings is 1. The average molecular weight is 294 g/mol. The molecule has 0 aliphatic heterocycles. The molecule has 3 heteroatoms. The van der Waals surface area contributed by atoms with Gasteiger partial charge >= 0.3 is 0 Å². The Morgan fingerprint density at radius 2 is 1.73 bits per heavy atom. The Balaban J connectivity index is 1.82. The number of fused-ring (bicyclic) bond motifs is 1. The highest BCUT2D eigenvalue weighted by atomic mass is 16.5. The van der Waals surface area contributed by atoms with E-state index in [0.717, 1.165) is 23.6 Å². The van der Waals surface area contributed by atoms with Gasteiger partial charge in [0.15, 0.2) is 0 Å². The van der Waals surface area contributed by atoms with E-state index in [4.69, 9.17) is 9.72 Å². The molecule has 0 amide bonds. The lowest BCUT2D eigenvalue weighted by Gasteiger charge is -2.10. The van der Waals surface area contributed by atoms with Crippen LogP contribution in [0.15, 0.2) is 54.6 Å². The van der Waals surface area contributed by atoms with E-state index in [-0.39, 0.29) is 0 Å². The van der Waals surface area contributed by atoms with E-state index in [1.54, 1.807) is 0 Å².